The van der Waals surface area contributed by atoms with Gasteiger partial charge in [0.15, 0.2) is 5.96 Å². The maximum absolute atomic E-state index is 14.1. The second kappa shape index (κ2) is 11.3. The van der Waals surface area contributed by atoms with E-state index in [4.69, 9.17) is 11.6 Å². The standard InChI is InChI=1S/C20H29ClFN5O.HI/c1-3-24-20(25-13-7-9-27(10-8-13)12-18(28)23-2)26-17-11-14(17)19-15(21)5-4-6-16(19)22;/h4-6,13-14,17H,3,7-12H2,1-2H3,(H,23,28)(H2,24,25,26);1H. The average Bonchev–Trinajstić information content (AvgIpc) is 3.41. The molecule has 1 aromatic carbocycles. The molecular formula is C20H30ClFIN5O. The molecule has 1 saturated heterocycles. The predicted molar refractivity (Wildman–Crippen MR) is 126 cm³/mol. The summed E-state index contributed by atoms with van der Waals surface area (Å²) in [6.07, 6.45) is 2.75. The van der Waals surface area contributed by atoms with Crippen LogP contribution in [0.15, 0.2) is 23.2 Å². The molecule has 2 aliphatic rings. The summed E-state index contributed by atoms with van der Waals surface area (Å²) in [4.78, 5) is 18.2. The minimum Gasteiger partial charge on any atom is -0.358 e. The summed E-state index contributed by atoms with van der Waals surface area (Å²) in [5.41, 5.74) is 0.597. The number of halogens is 3. The maximum atomic E-state index is 14.1. The van der Waals surface area contributed by atoms with Crippen molar-refractivity contribution in [3.05, 3.63) is 34.6 Å². The Bertz CT molecular complexity index is 707. The average molecular weight is 538 g/mol. The Balaban J connectivity index is 0.00000300. The van der Waals surface area contributed by atoms with Crippen LogP contribution in [0.2, 0.25) is 5.02 Å². The number of piperidine rings is 1. The number of rotatable bonds is 6. The van der Waals surface area contributed by atoms with Gasteiger partial charge < -0.3 is 16.0 Å². The smallest absolute Gasteiger partial charge is 0.233 e. The van der Waals surface area contributed by atoms with Crippen molar-refractivity contribution >= 4 is 47.4 Å². The Hall–Kier alpha value is -1.13. The number of nitrogens with one attached hydrogen (secondary N) is 3. The van der Waals surface area contributed by atoms with E-state index in [2.05, 4.69) is 25.8 Å². The number of aliphatic imine (C=N–C) groups is 1. The minimum absolute atomic E-state index is 0. The van der Waals surface area contributed by atoms with Crippen molar-refractivity contribution < 1.29 is 9.18 Å². The van der Waals surface area contributed by atoms with Gasteiger partial charge in [0.05, 0.1) is 6.54 Å². The molecule has 2 fully saturated rings. The molecular weight excluding hydrogens is 508 g/mol. The van der Waals surface area contributed by atoms with Gasteiger partial charge in [0.2, 0.25) is 5.91 Å². The van der Waals surface area contributed by atoms with Crippen molar-refractivity contribution in [3.8, 4) is 0 Å². The number of amides is 1. The molecule has 0 bridgehead atoms. The van der Waals surface area contributed by atoms with E-state index in [1.807, 2.05) is 6.92 Å². The van der Waals surface area contributed by atoms with E-state index in [9.17, 15) is 9.18 Å². The van der Waals surface area contributed by atoms with Gasteiger partial charge in [-0.05, 0) is 38.3 Å². The van der Waals surface area contributed by atoms with E-state index >= 15 is 0 Å². The highest BCUT2D eigenvalue weighted by Gasteiger charge is 2.42. The lowest BCUT2D eigenvalue weighted by atomic mass is 10.1. The number of nitrogens with zero attached hydrogens (tertiary/aromatic N) is 2. The summed E-state index contributed by atoms with van der Waals surface area (Å²) < 4.78 is 14.1. The van der Waals surface area contributed by atoms with Gasteiger partial charge in [-0.2, -0.15) is 0 Å². The molecule has 162 valence electrons. The molecule has 3 rings (SSSR count). The van der Waals surface area contributed by atoms with Gasteiger partial charge >= 0.3 is 0 Å². The quantitative estimate of drug-likeness (QED) is 0.297. The zero-order chi connectivity index (χ0) is 20.1. The van der Waals surface area contributed by atoms with E-state index in [0.717, 1.165) is 38.3 Å². The van der Waals surface area contributed by atoms with Crippen LogP contribution in [0, 0.1) is 5.82 Å². The van der Waals surface area contributed by atoms with Crippen LogP contribution in [-0.2, 0) is 4.79 Å². The van der Waals surface area contributed by atoms with Crippen molar-refractivity contribution in [3.63, 3.8) is 0 Å². The van der Waals surface area contributed by atoms with Crippen LogP contribution in [-0.4, -0.2) is 62.1 Å². The predicted octanol–water partition coefficient (Wildman–Crippen LogP) is 2.72. The maximum Gasteiger partial charge on any atom is 0.233 e. The van der Waals surface area contributed by atoms with Crippen molar-refractivity contribution in [2.75, 3.05) is 33.2 Å². The first-order valence-electron chi connectivity index (χ1n) is 9.96. The normalized spacial score (nSPS) is 22.6. The first-order chi connectivity index (χ1) is 13.5. The second-order valence-electron chi connectivity index (χ2n) is 7.42. The molecule has 0 radical (unpaired) electrons. The molecule has 1 amide bonds. The highest BCUT2D eigenvalue weighted by molar-refractivity contribution is 14.0. The Morgan fingerprint density at radius 2 is 2.03 bits per heavy atom. The first kappa shape index (κ1) is 24.1. The Morgan fingerprint density at radius 1 is 1.31 bits per heavy atom. The lowest BCUT2D eigenvalue weighted by Gasteiger charge is -2.32. The van der Waals surface area contributed by atoms with Crippen LogP contribution in [0.3, 0.4) is 0 Å². The second-order valence-corrected chi connectivity index (χ2v) is 7.83. The molecule has 0 aromatic heterocycles. The van der Waals surface area contributed by atoms with Crippen LogP contribution in [0.1, 0.15) is 37.7 Å². The minimum atomic E-state index is -0.243. The fraction of sp³-hybridized carbons (Fsp3) is 0.600. The molecule has 1 aliphatic heterocycles. The van der Waals surface area contributed by atoms with Crippen LogP contribution in [0.5, 0.6) is 0 Å². The van der Waals surface area contributed by atoms with E-state index < -0.39 is 0 Å². The number of hydrogen-bond donors (Lipinski definition) is 3. The lowest BCUT2D eigenvalue weighted by Crippen LogP contribution is -2.50. The highest BCUT2D eigenvalue weighted by atomic mass is 127. The number of benzene rings is 1. The fourth-order valence-electron chi connectivity index (χ4n) is 3.72. The zero-order valence-corrected chi connectivity index (χ0v) is 20.0. The Labute approximate surface area is 194 Å². The largest absolute Gasteiger partial charge is 0.358 e. The molecule has 0 spiro atoms. The fourth-order valence-corrected chi connectivity index (χ4v) is 4.02. The molecule has 2 unspecified atom stereocenters. The lowest BCUT2D eigenvalue weighted by molar-refractivity contribution is -0.122. The Morgan fingerprint density at radius 3 is 2.66 bits per heavy atom. The van der Waals surface area contributed by atoms with Crippen molar-refractivity contribution in [2.24, 2.45) is 4.99 Å². The van der Waals surface area contributed by atoms with Gasteiger partial charge in [-0.15, -0.1) is 24.0 Å². The molecule has 29 heavy (non-hydrogen) atoms. The van der Waals surface area contributed by atoms with E-state index in [-0.39, 0.29) is 47.7 Å². The molecule has 1 heterocycles. The van der Waals surface area contributed by atoms with Crippen molar-refractivity contribution in [1.29, 1.82) is 0 Å². The van der Waals surface area contributed by atoms with E-state index in [1.54, 1.807) is 19.2 Å². The summed E-state index contributed by atoms with van der Waals surface area (Å²) in [6.45, 7) is 4.86. The van der Waals surface area contributed by atoms with Crippen molar-refractivity contribution in [2.45, 2.75) is 44.2 Å². The van der Waals surface area contributed by atoms with Crippen molar-refractivity contribution in [1.82, 2.24) is 20.9 Å². The number of carbonyl (C=O) groups excluding carboxylic acids is 1. The zero-order valence-electron chi connectivity index (χ0n) is 16.9. The Kier molecular flexibility index (Phi) is 9.42. The summed E-state index contributed by atoms with van der Waals surface area (Å²) in [5, 5.41) is 10.1. The third-order valence-corrected chi connectivity index (χ3v) is 5.70. The summed E-state index contributed by atoms with van der Waals surface area (Å²) in [5.74, 6) is 0.652. The number of carbonyl (C=O) groups is 1. The van der Waals surface area contributed by atoms with Gasteiger partial charge in [0, 0.05) is 55.3 Å². The van der Waals surface area contributed by atoms with Gasteiger partial charge in [0.25, 0.3) is 0 Å². The molecule has 6 nitrogen and oxygen atoms in total. The number of likely N-dealkylation sites (N-methyl/N-ethyl adjacent to an activating group) is 1. The van der Waals surface area contributed by atoms with Gasteiger partial charge in [-0.3, -0.25) is 14.7 Å². The SMILES string of the molecule is CCN=C(NC1CCN(CC(=O)NC)CC1)NC1CC1c1c(F)cccc1Cl.I. The first-order valence-corrected chi connectivity index (χ1v) is 10.3. The van der Waals surface area contributed by atoms with Crippen LogP contribution < -0.4 is 16.0 Å². The van der Waals surface area contributed by atoms with Gasteiger partial charge in [0.1, 0.15) is 5.82 Å². The molecule has 3 N–H and O–H groups in total. The highest BCUT2D eigenvalue weighted by Crippen LogP contribution is 2.44. The third kappa shape index (κ3) is 6.68. The molecule has 1 aliphatic carbocycles. The number of guanidine groups is 1. The third-order valence-electron chi connectivity index (χ3n) is 5.37. The summed E-state index contributed by atoms with van der Waals surface area (Å²) >= 11 is 6.20. The monoisotopic (exact) mass is 537 g/mol. The summed E-state index contributed by atoms with van der Waals surface area (Å²) in [6, 6.07) is 5.28. The van der Waals surface area contributed by atoms with Gasteiger partial charge in [-0.25, -0.2) is 4.39 Å². The van der Waals surface area contributed by atoms with Crippen LogP contribution in [0.4, 0.5) is 4.39 Å². The molecule has 1 saturated carbocycles. The number of likely N-dealkylation sites (tertiary alicyclic amines) is 1. The van der Waals surface area contributed by atoms with Crippen LogP contribution >= 0.6 is 35.6 Å². The van der Waals surface area contributed by atoms with E-state index in [1.165, 1.54) is 6.07 Å². The number of hydrogen-bond acceptors (Lipinski definition) is 3. The molecule has 9 heteroatoms. The van der Waals surface area contributed by atoms with E-state index in [0.29, 0.717) is 29.7 Å². The van der Waals surface area contributed by atoms with Gasteiger partial charge in [-0.1, -0.05) is 17.7 Å². The van der Waals surface area contributed by atoms with Crippen LogP contribution in [0.25, 0.3) is 0 Å². The summed E-state index contributed by atoms with van der Waals surface area (Å²) in [7, 11) is 1.66. The molecule has 1 aromatic rings. The topological polar surface area (TPSA) is 68.8 Å². The molecule has 2 atom stereocenters.